The Kier molecular flexibility index (Phi) is 13.8. The molecule has 2 aromatic rings. The van der Waals surface area contributed by atoms with Gasteiger partial charge in [0.25, 0.3) is 10.9 Å². The lowest BCUT2D eigenvalue weighted by atomic mass is 9.83. The van der Waals surface area contributed by atoms with Crippen molar-refractivity contribution >= 4 is 17.3 Å². The fraction of sp³-hybridized carbons (Fsp3) is 0.645. The van der Waals surface area contributed by atoms with Gasteiger partial charge in [-0.2, -0.15) is 0 Å². The third-order valence-electron chi connectivity index (χ3n) is 7.43. The molecule has 0 saturated carbocycles. The number of nitrogens with one attached hydrogen (secondary N) is 3. The topological polar surface area (TPSA) is 161 Å². The Labute approximate surface area is 249 Å². The molecule has 2 aromatic carbocycles. The van der Waals surface area contributed by atoms with Crippen LogP contribution in [0, 0.1) is 11.8 Å². The summed E-state index contributed by atoms with van der Waals surface area (Å²) in [6.45, 7) is 11.1. The minimum Gasteiger partial charge on any atom is -0.493 e. The van der Waals surface area contributed by atoms with Gasteiger partial charge >= 0.3 is 0 Å². The molecule has 42 heavy (non-hydrogen) atoms. The highest BCUT2D eigenvalue weighted by atomic mass is 16.5. The van der Waals surface area contributed by atoms with Crippen LogP contribution in [0.25, 0.3) is 0 Å². The summed E-state index contributed by atoms with van der Waals surface area (Å²) < 4.78 is 16.5. The number of methoxy groups -OCH3 is 2. The van der Waals surface area contributed by atoms with Crippen LogP contribution >= 0.6 is 0 Å². The van der Waals surface area contributed by atoms with Crippen LogP contribution in [0.4, 0.5) is 11.4 Å². The van der Waals surface area contributed by atoms with Crippen molar-refractivity contribution in [3.8, 4) is 11.5 Å². The first-order chi connectivity index (χ1) is 19.9. The molecule has 0 unspecified atom stereocenters. The molecule has 0 spiro atoms. The van der Waals surface area contributed by atoms with Crippen LogP contribution in [-0.4, -0.2) is 69.2 Å². The van der Waals surface area contributed by atoms with Crippen molar-refractivity contribution in [3.63, 3.8) is 0 Å². The molecule has 11 nitrogen and oxygen atoms in total. The average Bonchev–Trinajstić information content (AvgIpc) is 2.96. The molecule has 11 heteroatoms. The van der Waals surface area contributed by atoms with E-state index in [9.17, 15) is 19.5 Å². The number of hydrogen-bond acceptors (Lipinski definition) is 10. The van der Waals surface area contributed by atoms with Gasteiger partial charge in [-0.25, -0.2) is 0 Å². The van der Waals surface area contributed by atoms with E-state index < -0.39 is 28.5 Å². The van der Waals surface area contributed by atoms with Crippen LogP contribution < -0.4 is 42.0 Å². The Balaban J connectivity index is 2.02. The standard InChI is InChI=1S/C31H50N4O7/c1-8-12-33-30(39)31(4,5)35-27-26(28(37)29(27)38)34-18-23(36)22(32)17-21(19(2)3)15-20-10-11-24(41-7)25(16-20)42-14-9-13-40-6/h10-11,16,19,21-23,34-36H,8-9,12-15,17-18,32H2,1-7H3,(H,33,39)/t21-,22-,23-/m0/s1. The molecule has 0 aromatic heterocycles. The van der Waals surface area contributed by atoms with E-state index in [2.05, 4.69) is 29.8 Å². The van der Waals surface area contributed by atoms with E-state index in [1.165, 1.54) is 0 Å². The van der Waals surface area contributed by atoms with Gasteiger partial charge in [0.2, 0.25) is 5.91 Å². The highest BCUT2D eigenvalue weighted by Crippen LogP contribution is 2.31. The maximum Gasteiger partial charge on any atom is 0.253 e. The van der Waals surface area contributed by atoms with Crippen molar-refractivity contribution in [3.05, 3.63) is 44.2 Å². The second kappa shape index (κ2) is 16.5. The van der Waals surface area contributed by atoms with E-state index in [1.54, 1.807) is 28.1 Å². The van der Waals surface area contributed by atoms with Gasteiger partial charge in [0, 0.05) is 39.3 Å². The fourth-order valence-electron chi connectivity index (χ4n) is 4.61. The van der Waals surface area contributed by atoms with Gasteiger partial charge in [-0.15, -0.1) is 0 Å². The number of anilines is 2. The van der Waals surface area contributed by atoms with Gasteiger partial charge in [0.15, 0.2) is 11.5 Å². The van der Waals surface area contributed by atoms with Crippen molar-refractivity contribution in [2.24, 2.45) is 17.6 Å². The van der Waals surface area contributed by atoms with Gasteiger partial charge in [0.1, 0.15) is 16.9 Å². The number of carbonyl (C=O) groups excluding carboxylic acids is 1. The third kappa shape index (κ3) is 9.71. The lowest BCUT2D eigenvalue weighted by Crippen LogP contribution is -2.51. The van der Waals surface area contributed by atoms with E-state index >= 15 is 0 Å². The van der Waals surface area contributed by atoms with Gasteiger partial charge in [0.05, 0.1) is 19.8 Å². The van der Waals surface area contributed by atoms with E-state index in [0.29, 0.717) is 37.7 Å². The molecular formula is C31H50N4O7. The SMILES string of the molecule is CCCNC(=O)C(C)(C)Nc1c(NC[C@H](O)[C@@H](N)C[C@H](Cc2ccc(OC)c(OCCCOC)c2)C(C)C)c(=O)c1=O. The third-order valence-corrected chi connectivity index (χ3v) is 7.43. The highest BCUT2D eigenvalue weighted by Gasteiger charge is 2.33. The second-order valence-corrected chi connectivity index (χ2v) is 11.7. The molecule has 6 N–H and O–H groups in total. The maximum atomic E-state index is 12.5. The predicted octanol–water partition coefficient (Wildman–Crippen LogP) is 2.43. The van der Waals surface area contributed by atoms with Crippen LogP contribution in [0.5, 0.6) is 11.5 Å². The van der Waals surface area contributed by atoms with E-state index in [4.69, 9.17) is 19.9 Å². The zero-order chi connectivity index (χ0) is 31.4. The number of rotatable bonds is 20. The number of aliphatic hydroxyl groups excluding tert-OH is 1. The molecule has 3 atom stereocenters. The van der Waals surface area contributed by atoms with Crippen LogP contribution in [-0.2, 0) is 16.0 Å². The quantitative estimate of drug-likeness (QED) is 0.114. The number of hydrogen-bond donors (Lipinski definition) is 5. The summed E-state index contributed by atoms with van der Waals surface area (Å²) in [7, 11) is 3.26. The monoisotopic (exact) mass is 590 g/mol. The first-order valence-corrected chi connectivity index (χ1v) is 14.7. The van der Waals surface area contributed by atoms with Crippen molar-refractivity contribution < 1.29 is 24.1 Å². The van der Waals surface area contributed by atoms with Gasteiger partial charge < -0.3 is 41.0 Å². The molecule has 0 fully saturated rings. The van der Waals surface area contributed by atoms with Crippen LogP contribution in [0.3, 0.4) is 0 Å². The van der Waals surface area contributed by atoms with E-state index in [1.807, 2.05) is 25.1 Å². The van der Waals surface area contributed by atoms with Gasteiger partial charge in [-0.05, 0) is 62.6 Å². The molecule has 0 saturated heterocycles. The molecule has 0 aliphatic heterocycles. The summed E-state index contributed by atoms with van der Waals surface area (Å²) in [6.07, 6.45) is 1.83. The zero-order valence-electron chi connectivity index (χ0n) is 26.2. The summed E-state index contributed by atoms with van der Waals surface area (Å²) in [6, 6.07) is 5.30. The second-order valence-electron chi connectivity index (χ2n) is 11.7. The van der Waals surface area contributed by atoms with Gasteiger partial charge in [-0.1, -0.05) is 26.8 Å². The number of nitrogens with two attached hydrogens (primary N) is 1. The van der Waals surface area contributed by atoms with Crippen LogP contribution in [0.2, 0.25) is 0 Å². The van der Waals surface area contributed by atoms with E-state index in [-0.39, 0.29) is 35.7 Å². The average molecular weight is 591 g/mol. The molecule has 1 amide bonds. The summed E-state index contributed by atoms with van der Waals surface area (Å²) in [5.41, 5.74) is 5.09. The lowest BCUT2D eigenvalue weighted by Gasteiger charge is -2.29. The largest absolute Gasteiger partial charge is 0.493 e. The normalized spacial score (nSPS) is 14.0. The number of amides is 1. The molecule has 0 bridgehead atoms. The maximum absolute atomic E-state index is 12.5. The Hall–Kier alpha value is -3.15. The smallest absolute Gasteiger partial charge is 0.253 e. The number of benzene rings is 1. The molecular weight excluding hydrogens is 540 g/mol. The van der Waals surface area contributed by atoms with Crippen molar-refractivity contribution in [1.29, 1.82) is 0 Å². The molecule has 2 rings (SSSR count). The Morgan fingerprint density at radius 1 is 1.07 bits per heavy atom. The number of ether oxygens (including phenoxy) is 3. The zero-order valence-corrected chi connectivity index (χ0v) is 26.2. The summed E-state index contributed by atoms with van der Waals surface area (Å²) in [5, 5.41) is 19.4. The minimum atomic E-state index is -1.11. The first-order valence-electron chi connectivity index (χ1n) is 14.7. The first kappa shape index (κ1) is 35.0. The molecule has 0 heterocycles. The predicted molar refractivity (Wildman–Crippen MR) is 166 cm³/mol. The summed E-state index contributed by atoms with van der Waals surface area (Å²) in [5.74, 6) is 1.50. The van der Waals surface area contributed by atoms with E-state index in [0.717, 1.165) is 24.8 Å². The summed E-state index contributed by atoms with van der Waals surface area (Å²) in [4.78, 5) is 37.0. The van der Waals surface area contributed by atoms with Crippen LogP contribution in [0.1, 0.15) is 59.4 Å². The summed E-state index contributed by atoms with van der Waals surface area (Å²) >= 11 is 0. The number of aliphatic hydroxyl groups is 1. The Morgan fingerprint density at radius 2 is 1.76 bits per heavy atom. The Bertz CT molecular complexity index is 1210. The van der Waals surface area contributed by atoms with Crippen molar-refractivity contribution in [1.82, 2.24) is 5.32 Å². The molecule has 0 radical (unpaired) electrons. The molecule has 236 valence electrons. The minimum absolute atomic E-state index is 0.0179. The van der Waals surface area contributed by atoms with Crippen molar-refractivity contribution in [2.45, 2.75) is 78.0 Å². The van der Waals surface area contributed by atoms with Crippen LogP contribution in [0.15, 0.2) is 27.8 Å². The lowest BCUT2D eigenvalue weighted by molar-refractivity contribution is -0.124. The molecule has 0 aliphatic carbocycles. The molecule has 0 aliphatic rings. The highest BCUT2D eigenvalue weighted by molar-refractivity contribution is 5.90. The number of carbonyl (C=O) groups is 1. The Morgan fingerprint density at radius 3 is 2.38 bits per heavy atom. The van der Waals surface area contributed by atoms with Crippen molar-refractivity contribution in [2.75, 3.05) is 51.2 Å². The van der Waals surface area contributed by atoms with Gasteiger partial charge in [-0.3, -0.25) is 14.4 Å². The fourth-order valence-corrected chi connectivity index (χ4v) is 4.61.